The molecule has 1 aromatic heterocycles. The number of fused-ring (bicyclic) bond motifs is 1. The molecule has 94 valence electrons. The summed E-state index contributed by atoms with van der Waals surface area (Å²) in [4.78, 5) is 5.29. The number of benzene rings is 1. The summed E-state index contributed by atoms with van der Waals surface area (Å²) in [6.45, 7) is 2.92. The predicted molar refractivity (Wildman–Crippen MR) is 70.1 cm³/mol. The lowest BCUT2D eigenvalue weighted by molar-refractivity contribution is 0.171. The molecule has 1 aromatic carbocycles. The minimum absolute atomic E-state index is 0.630. The largest absolute Gasteiger partial charge is 0.486 e. The molecule has 0 saturated heterocycles. The van der Waals surface area contributed by atoms with Crippen molar-refractivity contribution in [1.82, 2.24) is 10.3 Å². The molecule has 2 heterocycles. The Morgan fingerprint density at radius 1 is 1.17 bits per heavy atom. The van der Waals surface area contributed by atoms with Crippen molar-refractivity contribution in [2.75, 3.05) is 13.2 Å². The van der Waals surface area contributed by atoms with E-state index in [0.29, 0.717) is 13.2 Å². The highest BCUT2D eigenvalue weighted by Gasteiger charge is 2.11. The van der Waals surface area contributed by atoms with Crippen molar-refractivity contribution < 1.29 is 9.47 Å². The molecule has 0 aliphatic carbocycles. The summed E-state index contributed by atoms with van der Waals surface area (Å²) in [6, 6.07) is 6.07. The van der Waals surface area contributed by atoms with E-state index in [1.54, 1.807) is 11.3 Å². The topological polar surface area (TPSA) is 43.4 Å². The van der Waals surface area contributed by atoms with Crippen molar-refractivity contribution in [3.8, 4) is 11.5 Å². The summed E-state index contributed by atoms with van der Waals surface area (Å²) in [7, 11) is 0. The summed E-state index contributed by atoms with van der Waals surface area (Å²) >= 11 is 1.66. The van der Waals surface area contributed by atoms with Gasteiger partial charge in [-0.25, -0.2) is 0 Å². The fourth-order valence-electron chi connectivity index (χ4n) is 1.86. The van der Waals surface area contributed by atoms with E-state index in [0.717, 1.165) is 24.6 Å². The third-order valence-corrected chi connectivity index (χ3v) is 3.50. The van der Waals surface area contributed by atoms with Gasteiger partial charge < -0.3 is 14.8 Å². The molecule has 0 radical (unpaired) electrons. The number of rotatable bonds is 4. The second-order valence-corrected chi connectivity index (χ2v) is 5.02. The van der Waals surface area contributed by atoms with E-state index < -0.39 is 0 Å². The first-order chi connectivity index (χ1) is 8.92. The molecule has 0 saturated carbocycles. The summed E-state index contributed by atoms with van der Waals surface area (Å²) < 4.78 is 11.0. The number of nitrogens with zero attached hydrogens (tertiary/aromatic N) is 1. The Bertz CT molecular complexity index is 514. The van der Waals surface area contributed by atoms with Gasteiger partial charge in [0.1, 0.15) is 13.2 Å². The average Bonchev–Trinajstić information content (AvgIpc) is 2.92. The van der Waals surface area contributed by atoms with Gasteiger partial charge in [0.2, 0.25) is 0 Å². The van der Waals surface area contributed by atoms with Crippen LogP contribution in [0.4, 0.5) is 0 Å². The maximum Gasteiger partial charge on any atom is 0.161 e. The second-order valence-electron chi connectivity index (χ2n) is 4.05. The Kier molecular flexibility index (Phi) is 3.43. The lowest BCUT2D eigenvalue weighted by atomic mass is 10.2. The molecule has 0 unspecified atom stereocenters. The Morgan fingerprint density at radius 2 is 2.06 bits per heavy atom. The summed E-state index contributed by atoms with van der Waals surface area (Å²) in [5, 5.41) is 3.38. The summed E-state index contributed by atoms with van der Waals surface area (Å²) in [5.41, 5.74) is 3.05. The Morgan fingerprint density at radius 3 is 2.89 bits per heavy atom. The minimum Gasteiger partial charge on any atom is -0.486 e. The molecule has 1 aliphatic rings. The van der Waals surface area contributed by atoms with Crippen molar-refractivity contribution in [3.05, 3.63) is 40.3 Å². The van der Waals surface area contributed by atoms with Crippen LogP contribution in [0.25, 0.3) is 0 Å². The van der Waals surface area contributed by atoms with E-state index in [1.807, 2.05) is 23.8 Å². The van der Waals surface area contributed by atoms with Crippen molar-refractivity contribution >= 4 is 11.3 Å². The van der Waals surface area contributed by atoms with Gasteiger partial charge in [0, 0.05) is 24.2 Å². The summed E-state index contributed by atoms with van der Waals surface area (Å²) in [6.07, 6.45) is 1.89. The lowest BCUT2D eigenvalue weighted by Crippen LogP contribution is -2.16. The minimum atomic E-state index is 0.630. The van der Waals surface area contributed by atoms with Crippen LogP contribution in [0, 0.1) is 0 Å². The van der Waals surface area contributed by atoms with Gasteiger partial charge in [0.15, 0.2) is 11.5 Å². The van der Waals surface area contributed by atoms with Crippen LogP contribution in [0.15, 0.2) is 29.9 Å². The first-order valence-electron chi connectivity index (χ1n) is 5.88. The molecule has 0 atom stereocenters. The van der Waals surface area contributed by atoms with Crippen molar-refractivity contribution in [3.63, 3.8) is 0 Å². The van der Waals surface area contributed by atoms with Crippen LogP contribution in [-0.2, 0) is 13.1 Å². The molecule has 0 spiro atoms. The summed E-state index contributed by atoms with van der Waals surface area (Å²) in [5.74, 6) is 1.69. The number of aromatic nitrogens is 1. The van der Waals surface area contributed by atoms with Crippen LogP contribution in [0.1, 0.15) is 10.4 Å². The van der Waals surface area contributed by atoms with E-state index in [1.165, 1.54) is 10.4 Å². The average molecular weight is 262 g/mol. The maximum atomic E-state index is 5.56. The third-order valence-electron chi connectivity index (χ3n) is 2.72. The number of nitrogens with one attached hydrogen (secondary N) is 1. The van der Waals surface area contributed by atoms with E-state index >= 15 is 0 Å². The van der Waals surface area contributed by atoms with Gasteiger partial charge in [0.05, 0.1) is 5.51 Å². The van der Waals surface area contributed by atoms with Gasteiger partial charge in [-0.2, -0.15) is 0 Å². The van der Waals surface area contributed by atoms with Gasteiger partial charge in [-0.15, -0.1) is 11.3 Å². The van der Waals surface area contributed by atoms with Gasteiger partial charge in [0.25, 0.3) is 0 Å². The number of hydrogen-bond donors (Lipinski definition) is 1. The number of hydrogen-bond acceptors (Lipinski definition) is 5. The first kappa shape index (κ1) is 11.5. The smallest absolute Gasteiger partial charge is 0.161 e. The Hall–Kier alpha value is -1.59. The quantitative estimate of drug-likeness (QED) is 0.917. The zero-order valence-corrected chi connectivity index (χ0v) is 10.7. The van der Waals surface area contributed by atoms with E-state index in [2.05, 4.69) is 16.4 Å². The molecule has 18 heavy (non-hydrogen) atoms. The second kappa shape index (κ2) is 5.37. The molecular formula is C13H14N2O2S. The fraction of sp³-hybridized carbons (Fsp3) is 0.308. The van der Waals surface area contributed by atoms with Gasteiger partial charge in [-0.1, -0.05) is 6.07 Å². The molecule has 0 amide bonds. The van der Waals surface area contributed by atoms with Gasteiger partial charge >= 0.3 is 0 Å². The molecule has 4 nitrogen and oxygen atoms in total. The van der Waals surface area contributed by atoms with Crippen molar-refractivity contribution in [2.24, 2.45) is 0 Å². The normalized spacial score (nSPS) is 13.6. The Labute approximate surface area is 110 Å². The highest BCUT2D eigenvalue weighted by atomic mass is 32.1. The molecule has 1 N–H and O–H groups in total. The first-order valence-corrected chi connectivity index (χ1v) is 6.76. The lowest BCUT2D eigenvalue weighted by Gasteiger charge is -2.18. The van der Waals surface area contributed by atoms with Crippen LogP contribution in [0.3, 0.4) is 0 Å². The molecule has 0 bridgehead atoms. The molecule has 3 rings (SSSR count). The molecule has 1 aliphatic heterocycles. The third kappa shape index (κ3) is 2.63. The molecule has 5 heteroatoms. The highest BCUT2D eigenvalue weighted by Crippen LogP contribution is 2.30. The molecule has 0 fully saturated rings. The predicted octanol–water partition coefficient (Wildman–Crippen LogP) is 2.20. The van der Waals surface area contributed by atoms with Gasteiger partial charge in [-0.3, -0.25) is 4.98 Å². The molecule has 2 aromatic rings. The maximum absolute atomic E-state index is 5.56. The Balaban J connectivity index is 1.59. The van der Waals surface area contributed by atoms with Crippen LogP contribution in [0.2, 0.25) is 0 Å². The zero-order valence-electron chi connectivity index (χ0n) is 9.89. The van der Waals surface area contributed by atoms with Crippen molar-refractivity contribution in [1.29, 1.82) is 0 Å². The number of thiazole rings is 1. The number of ether oxygens (including phenoxy) is 2. The van der Waals surface area contributed by atoms with E-state index in [9.17, 15) is 0 Å². The van der Waals surface area contributed by atoms with E-state index in [4.69, 9.17) is 9.47 Å². The SMILES string of the molecule is c1ncc(CNCc2ccc3c(c2)OCCO3)s1. The van der Waals surface area contributed by atoms with Crippen molar-refractivity contribution in [2.45, 2.75) is 13.1 Å². The monoisotopic (exact) mass is 262 g/mol. The standard InChI is InChI=1S/C13H14N2O2S/c1-2-12-13(17-4-3-16-12)5-10(1)6-14-7-11-8-15-9-18-11/h1-2,5,8-9,14H,3-4,6-7H2. The van der Waals surface area contributed by atoms with Crippen LogP contribution >= 0.6 is 11.3 Å². The highest BCUT2D eigenvalue weighted by molar-refractivity contribution is 7.09. The van der Waals surface area contributed by atoms with Crippen LogP contribution in [-0.4, -0.2) is 18.2 Å². The van der Waals surface area contributed by atoms with E-state index in [-0.39, 0.29) is 0 Å². The van der Waals surface area contributed by atoms with Gasteiger partial charge in [-0.05, 0) is 17.7 Å². The molecular weight excluding hydrogens is 248 g/mol. The van der Waals surface area contributed by atoms with Crippen LogP contribution in [0.5, 0.6) is 11.5 Å². The zero-order chi connectivity index (χ0) is 12.2. The fourth-order valence-corrected chi connectivity index (χ4v) is 2.42. The van der Waals surface area contributed by atoms with Crippen LogP contribution < -0.4 is 14.8 Å².